The summed E-state index contributed by atoms with van der Waals surface area (Å²) in [6.07, 6.45) is 1.82. The van der Waals surface area contributed by atoms with E-state index in [1.807, 2.05) is 61.5 Å². The number of fused-ring (bicyclic) bond motifs is 1. The first-order valence-electron chi connectivity index (χ1n) is 10.3. The number of carbonyl (C=O) groups is 1. The highest BCUT2D eigenvalue weighted by Gasteiger charge is 2.33. The molecule has 2 aromatic carbocycles. The molecular formula is C25H24N2O4S. The number of methoxy groups -OCH3 is 1. The molecule has 0 radical (unpaired) electrons. The average molecular weight is 449 g/mol. The molecule has 0 saturated carbocycles. The van der Waals surface area contributed by atoms with Crippen LogP contribution in [0.1, 0.15) is 36.6 Å². The van der Waals surface area contributed by atoms with Crippen molar-refractivity contribution in [3.63, 3.8) is 0 Å². The number of allylic oxidation sites excluding steroid dienone is 1. The number of carbonyl (C=O) groups excluding carboxylic acids is 1. The summed E-state index contributed by atoms with van der Waals surface area (Å²) < 4.78 is 12.7. The molecule has 1 aliphatic rings. The molecule has 6 nitrogen and oxygen atoms in total. The van der Waals surface area contributed by atoms with Gasteiger partial charge in [-0.1, -0.05) is 53.3 Å². The largest absolute Gasteiger partial charge is 0.497 e. The van der Waals surface area contributed by atoms with Crippen molar-refractivity contribution < 1.29 is 14.3 Å². The fourth-order valence-electron chi connectivity index (χ4n) is 3.74. The molecule has 1 unspecified atom stereocenters. The van der Waals surface area contributed by atoms with Gasteiger partial charge in [-0.25, -0.2) is 9.79 Å². The van der Waals surface area contributed by atoms with E-state index in [0.717, 1.165) is 16.7 Å². The summed E-state index contributed by atoms with van der Waals surface area (Å²) in [5, 5.41) is 0. The first-order valence-corrected chi connectivity index (χ1v) is 11.1. The Bertz CT molecular complexity index is 1380. The molecule has 2 heterocycles. The second kappa shape index (κ2) is 8.96. The second-order valence-corrected chi connectivity index (χ2v) is 8.50. The minimum absolute atomic E-state index is 0.198. The monoisotopic (exact) mass is 448 g/mol. The lowest BCUT2D eigenvalue weighted by atomic mass is 9.95. The maximum absolute atomic E-state index is 13.5. The van der Waals surface area contributed by atoms with Gasteiger partial charge in [0.05, 0.1) is 35.6 Å². The van der Waals surface area contributed by atoms with Crippen LogP contribution in [0.2, 0.25) is 0 Å². The van der Waals surface area contributed by atoms with Gasteiger partial charge in [-0.15, -0.1) is 0 Å². The zero-order valence-corrected chi connectivity index (χ0v) is 19.2. The van der Waals surface area contributed by atoms with Crippen LogP contribution < -0.4 is 19.6 Å². The molecule has 1 aromatic heterocycles. The van der Waals surface area contributed by atoms with Crippen molar-refractivity contribution >= 4 is 23.4 Å². The average Bonchev–Trinajstić information content (AvgIpc) is 3.08. The molecule has 164 valence electrons. The predicted molar refractivity (Wildman–Crippen MR) is 125 cm³/mol. The number of benzene rings is 2. The van der Waals surface area contributed by atoms with Crippen LogP contribution in [0.15, 0.2) is 69.6 Å². The summed E-state index contributed by atoms with van der Waals surface area (Å²) in [7, 11) is 1.61. The van der Waals surface area contributed by atoms with Gasteiger partial charge in [-0.3, -0.25) is 9.36 Å². The summed E-state index contributed by atoms with van der Waals surface area (Å²) >= 11 is 1.30. The van der Waals surface area contributed by atoms with E-state index in [1.54, 1.807) is 25.5 Å². The first-order chi connectivity index (χ1) is 15.4. The van der Waals surface area contributed by atoms with E-state index < -0.39 is 12.0 Å². The second-order valence-electron chi connectivity index (χ2n) is 7.49. The van der Waals surface area contributed by atoms with Crippen LogP contribution in [0.25, 0.3) is 6.08 Å². The van der Waals surface area contributed by atoms with Crippen LogP contribution in [-0.2, 0) is 9.53 Å². The lowest BCUT2D eigenvalue weighted by Crippen LogP contribution is -2.39. The van der Waals surface area contributed by atoms with Gasteiger partial charge >= 0.3 is 5.97 Å². The quantitative estimate of drug-likeness (QED) is 0.563. The highest BCUT2D eigenvalue weighted by molar-refractivity contribution is 7.07. The fraction of sp³-hybridized carbons (Fsp3) is 0.240. The summed E-state index contributed by atoms with van der Waals surface area (Å²) in [5.74, 6) is 0.255. The highest BCUT2D eigenvalue weighted by atomic mass is 32.1. The normalized spacial score (nSPS) is 15.9. The Balaban J connectivity index is 1.94. The van der Waals surface area contributed by atoms with E-state index >= 15 is 0 Å². The zero-order chi connectivity index (χ0) is 22.8. The molecule has 0 bridgehead atoms. The lowest BCUT2D eigenvalue weighted by molar-refractivity contribution is -0.139. The Morgan fingerprint density at radius 2 is 1.94 bits per heavy atom. The topological polar surface area (TPSA) is 69.9 Å². The molecule has 1 atom stereocenters. The summed E-state index contributed by atoms with van der Waals surface area (Å²) in [6, 6.07) is 14.7. The number of ether oxygens (including phenoxy) is 2. The molecule has 0 fully saturated rings. The Kier molecular flexibility index (Phi) is 6.10. The number of hydrogen-bond donors (Lipinski definition) is 0. The molecule has 0 saturated heterocycles. The van der Waals surface area contributed by atoms with Crippen molar-refractivity contribution in [1.82, 2.24) is 4.57 Å². The molecule has 1 aliphatic heterocycles. The third-order valence-electron chi connectivity index (χ3n) is 5.30. The van der Waals surface area contributed by atoms with Crippen LogP contribution in [0.4, 0.5) is 0 Å². The van der Waals surface area contributed by atoms with Gasteiger partial charge in [-0.05, 0) is 50.1 Å². The first kappa shape index (κ1) is 21.8. The van der Waals surface area contributed by atoms with Crippen molar-refractivity contribution in [3.8, 4) is 5.75 Å². The number of aryl methyl sites for hydroxylation is 1. The number of aromatic nitrogens is 1. The molecule has 0 amide bonds. The van der Waals surface area contributed by atoms with Crippen LogP contribution in [0.3, 0.4) is 0 Å². The van der Waals surface area contributed by atoms with Crippen molar-refractivity contribution in [2.24, 2.45) is 4.99 Å². The van der Waals surface area contributed by atoms with Gasteiger partial charge in [0.25, 0.3) is 5.56 Å². The smallest absolute Gasteiger partial charge is 0.338 e. The molecule has 0 aliphatic carbocycles. The maximum Gasteiger partial charge on any atom is 0.338 e. The van der Waals surface area contributed by atoms with Gasteiger partial charge in [0, 0.05) is 0 Å². The SMILES string of the molecule is CCOC(=O)C1=C(C)N=c2sc(=Cc3cccc(OC)c3)c(=O)n2C1c1ccc(C)cc1. The van der Waals surface area contributed by atoms with Gasteiger partial charge in [-0.2, -0.15) is 0 Å². The van der Waals surface area contributed by atoms with E-state index in [2.05, 4.69) is 4.99 Å². The van der Waals surface area contributed by atoms with E-state index in [-0.39, 0.29) is 12.2 Å². The Morgan fingerprint density at radius 3 is 2.62 bits per heavy atom. The molecule has 3 aromatic rings. The van der Waals surface area contributed by atoms with Crippen molar-refractivity contribution in [3.05, 3.63) is 96.2 Å². The molecule has 0 N–H and O–H groups in total. The molecule has 0 spiro atoms. The Morgan fingerprint density at radius 1 is 1.19 bits per heavy atom. The van der Waals surface area contributed by atoms with E-state index in [0.29, 0.717) is 26.4 Å². The van der Waals surface area contributed by atoms with Crippen molar-refractivity contribution in [2.45, 2.75) is 26.8 Å². The predicted octanol–water partition coefficient (Wildman–Crippen LogP) is 3.12. The minimum atomic E-state index is -0.599. The number of rotatable bonds is 5. The standard InChI is InChI=1S/C25H24N2O4S/c1-5-31-24(29)21-16(3)26-25-27(22(21)18-11-9-15(2)10-12-18)23(28)20(32-25)14-17-7-6-8-19(13-17)30-4/h6-14,22H,5H2,1-4H3. The number of esters is 1. The van der Waals surface area contributed by atoms with Gasteiger partial charge in [0.15, 0.2) is 4.80 Å². The number of hydrogen-bond acceptors (Lipinski definition) is 6. The van der Waals surface area contributed by atoms with E-state index in [4.69, 9.17) is 9.47 Å². The third-order valence-corrected chi connectivity index (χ3v) is 6.28. The van der Waals surface area contributed by atoms with Crippen LogP contribution in [0, 0.1) is 6.92 Å². The lowest BCUT2D eigenvalue weighted by Gasteiger charge is -2.24. The van der Waals surface area contributed by atoms with Crippen molar-refractivity contribution in [1.29, 1.82) is 0 Å². The fourth-order valence-corrected chi connectivity index (χ4v) is 4.78. The Labute approximate surface area is 189 Å². The summed E-state index contributed by atoms with van der Waals surface area (Å²) in [5.41, 5.74) is 3.53. The van der Waals surface area contributed by atoms with Gasteiger partial charge in [0.2, 0.25) is 0 Å². The number of nitrogens with zero attached hydrogens (tertiary/aromatic N) is 2. The molecule has 4 rings (SSSR count). The van der Waals surface area contributed by atoms with E-state index in [1.165, 1.54) is 11.3 Å². The van der Waals surface area contributed by atoms with Crippen LogP contribution in [-0.4, -0.2) is 24.3 Å². The van der Waals surface area contributed by atoms with Crippen LogP contribution >= 0.6 is 11.3 Å². The highest BCUT2D eigenvalue weighted by Crippen LogP contribution is 2.30. The summed E-state index contributed by atoms with van der Waals surface area (Å²) in [4.78, 5) is 31.6. The van der Waals surface area contributed by atoms with E-state index in [9.17, 15) is 9.59 Å². The molecular weight excluding hydrogens is 424 g/mol. The van der Waals surface area contributed by atoms with Crippen LogP contribution in [0.5, 0.6) is 5.75 Å². The van der Waals surface area contributed by atoms with Gasteiger partial charge < -0.3 is 9.47 Å². The molecule has 32 heavy (non-hydrogen) atoms. The number of thiazole rings is 1. The minimum Gasteiger partial charge on any atom is -0.497 e. The maximum atomic E-state index is 13.5. The summed E-state index contributed by atoms with van der Waals surface area (Å²) in [6.45, 7) is 5.79. The zero-order valence-electron chi connectivity index (χ0n) is 18.4. The van der Waals surface area contributed by atoms with Gasteiger partial charge in [0.1, 0.15) is 5.75 Å². The van der Waals surface area contributed by atoms with Crippen molar-refractivity contribution in [2.75, 3.05) is 13.7 Å². The third kappa shape index (κ3) is 4.03. The Hall–Kier alpha value is -3.45. The molecule has 7 heteroatoms.